The normalized spacial score (nSPS) is 16.2. The Kier molecular flexibility index (Phi) is 5.30. The first kappa shape index (κ1) is 15.2. The summed E-state index contributed by atoms with van der Waals surface area (Å²) in [5.74, 6) is 1.01. The highest BCUT2D eigenvalue weighted by molar-refractivity contribution is 6.30. The highest BCUT2D eigenvalue weighted by atomic mass is 35.5. The van der Waals surface area contributed by atoms with Crippen LogP contribution in [-0.2, 0) is 4.79 Å². The monoisotopic (exact) mass is 294 g/mol. The first-order valence-corrected chi connectivity index (χ1v) is 7.72. The Labute approximate surface area is 126 Å². The van der Waals surface area contributed by atoms with Gasteiger partial charge in [-0.15, -0.1) is 0 Å². The molecule has 1 N–H and O–H groups in total. The maximum atomic E-state index is 12.1. The Hall–Kier alpha value is -1.22. The highest BCUT2D eigenvalue weighted by Crippen LogP contribution is 2.20. The van der Waals surface area contributed by atoms with Gasteiger partial charge in [0.2, 0.25) is 5.91 Å². The molecule has 0 unspecified atom stereocenters. The topological polar surface area (TPSA) is 32.3 Å². The van der Waals surface area contributed by atoms with Gasteiger partial charge in [0.15, 0.2) is 0 Å². The number of anilines is 1. The van der Waals surface area contributed by atoms with Gasteiger partial charge in [-0.25, -0.2) is 0 Å². The van der Waals surface area contributed by atoms with E-state index in [0.29, 0.717) is 13.0 Å². The number of piperidine rings is 1. The lowest BCUT2D eigenvalue weighted by Gasteiger charge is -2.30. The van der Waals surface area contributed by atoms with Crippen LogP contribution in [-0.4, -0.2) is 30.4 Å². The summed E-state index contributed by atoms with van der Waals surface area (Å²) in [6.45, 7) is 6.77. The maximum Gasteiger partial charge on any atom is 0.224 e. The van der Waals surface area contributed by atoms with Gasteiger partial charge in [-0.3, -0.25) is 4.79 Å². The van der Waals surface area contributed by atoms with Crippen molar-refractivity contribution in [3.05, 3.63) is 28.8 Å². The Morgan fingerprint density at radius 3 is 2.80 bits per heavy atom. The van der Waals surface area contributed by atoms with Crippen LogP contribution in [0.4, 0.5) is 5.69 Å². The zero-order chi connectivity index (χ0) is 14.5. The lowest BCUT2D eigenvalue weighted by Crippen LogP contribution is -2.38. The Morgan fingerprint density at radius 1 is 1.40 bits per heavy atom. The van der Waals surface area contributed by atoms with Gasteiger partial charge in [-0.1, -0.05) is 24.6 Å². The van der Waals surface area contributed by atoms with Crippen molar-refractivity contribution in [2.45, 2.75) is 33.1 Å². The van der Waals surface area contributed by atoms with E-state index in [1.807, 2.05) is 30.0 Å². The van der Waals surface area contributed by atoms with Crippen molar-refractivity contribution in [2.24, 2.45) is 5.92 Å². The van der Waals surface area contributed by atoms with Crippen molar-refractivity contribution in [2.75, 3.05) is 25.0 Å². The number of halogens is 1. The standard InChI is InChI=1S/C16H23ClN2O/c1-12-6-9-19(10-7-12)16(20)5-8-18-15-11-14(17)4-3-13(15)2/h3-4,11-12,18H,5-10H2,1-2H3. The molecule has 4 heteroatoms. The Balaban J connectivity index is 1.78. The molecule has 20 heavy (non-hydrogen) atoms. The van der Waals surface area contributed by atoms with Crippen LogP contribution in [0.3, 0.4) is 0 Å². The zero-order valence-corrected chi connectivity index (χ0v) is 13.0. The van der Waals surface area contributed by atoms with Crippen LogP contribution < -0.4 is 5.32 Å². The van der Waals surface area contributed by atoms with Crippen LogP contribution in [0.25, 0.3) is 0 Å². The van der Waals surface area contributed by atoms with Crippen molar-refractivity contribution in [1.29, 1.82) is 0 Å². The number of nitrogens with one attached hydrogen (secondary N) is 1. The summed E-state index contributed by atoms with van der Waals surface area (Å²) < 4.78 is 0. The van der Waals surface area contributed by atoms with Gasteiger partial charge >= 0.3 is 0 Å². The second kappa shape index (κ2) is 6.98. The van der Waals surface area contributed by atoms with E-state index in [4.69, 9.17) is 11.6 Å². The van der Waals surface area contributed by atoms with Gasteiger partial charge in [-0.05, 0) is 43.4 Å². The molecule has 1 aliphatic rings. The molecule has 1 aromatic carbocycles. The third-order valence-corrected chi connectivity index (χ3v) is 4.23. The molecule has 0 atom stereocenters. The van der Waals surface area contributed by atoms with Gasteiger partial charge in [0.05, 0.1) is 0 Å². The summed E-state index contributed by atoms with van der Waals surface area (Å²) in [6.07, 6.45) is 2.81. The van der Waals surface area contributed by atoms with E-state index in [-0.39, 0.29) is 5.91 Å². The van der Waals surface area contributed by atoms with Gasteiger partial charge in [-0.2, -0.15) is 0 Å². The Morgan fingerprint density at radius 2 is 2.10 bits per heavy atom. The van der Waals surface area contributed by atoms with Crippen molar-refractivity contribution in [3.8, 4) is 0 Å². The number of aryl methyl sites for hydroxylation is 1. The minimum Gasteiger partial charge on any atom is -0.384 e. The van der Waals surface area contributed by atoms with Gasteiger partial charge in [0.25, 0.3) is 0 Å². The van der Waals surface area contributed by atoms with E-state index in [1.165, 1.54) is 0 Å². The molecular weight excluding hydrogens is 272 g/mol. The largest absolute Gasteiger partial charge is 0.384 e. The fourth-order valence-corrected chi connectivity index (χ4v) is 2.68. The number of carbonyl (C=O) groups is 1. The highest BCUT2D eigenvalue weighted by Gasteiger charge is 2.19. The molecule has 0 bridgehead atoms. The zero-order valence-electron chi connectivity index (χ0n) is 12.3. The maximum absolute atomic E-state index is 12.1. The molecule has 110 valence electrons. The molecule has 0 saturated carbocycles. The molecule has 2 rings (SSSR count). The van der Waals surface area contributed by atoms with Gasteiger partial charge < -0.3 is 10.2 Å². The molecule has 0 radical (unpaired) electrons. The predicted octanol–water partition coefficient (Wildman–Crippen LogP) is 3.71. The van der Waals surface area contributed by atoms with Crippen LogP contribution in [0.1, 0.15) is 31.7 Å². The average Bonchev–Trinajstić information content (AvgIpc) is 2.43. The van der Waals surface area contributed by atoms with E-state index in [1.54, 1.807) is 0 Å². The molecule has 0 aromatic heterocycles. The molecule has 1 saturated heterocycles. The molecule has 0 spiro atoms. The van der Waals surface area contributed by atoms with Crippen molar-refractivity contribution < 1.29 is 4.79 Å². The number of carbonyl (C=O) groups excluding carboxylic acids is 1. The lowest BCUT2D eigenvalue weighted by molar-refractivity contribution is -0.132. The number of nitrogens with zero attached hydrogens (tertiary/aromatic N) is 1. The fourth-order valence-electron chi connectivity index (χ4n) is 2.50. The number of benzene rings is 1. The smallest absolute Gasteiger partial charge is 0.224 e. The predicted molar refractivity (Wildman–Crippen MR) is 84.3 cm³/mol. The summed E-state index contributed by atoms with van der Waals surface area (Å²) in [5, 5.41) is 4.02. The number of hydrogen-bond donors (Lipinski definition) is 1. The van der Waals surface area contributed by atoms with Gasteiger partial charge in [0.1, 0.15) is 0 Å². The third-order valence-electron chi connectivity index (χ3n) is 3.99. The van der Waals surface area contributed by atoms with Crippen molar-refractivity contribution in [1.82, 2.24) is 4.90 Å². The Bertz CT molecular complexity index is 468. The minimum absolute atomic E-state index is 0.254. The summed E-state index contributed by atoms with van der Waals surface area (Å²) in [6, 6.07) is 5.77. The van der Waals surface area contributed by atoms with E-state index >= 15 is 0 Å². The van der Waals surface area contributed by atoms with Crippen molar-refractivity contribution >= 4 is 23.2 Å². The molecule has 3 nitrogen and oxygen atoms in total. The summed E-state index contributed by atoms with van der Waals surface area (Å²) in [7, 11) is 0. The van der Waals surface area contributed by atoms with Crippen LogP contribution >= 0.6 is 11.6 Å². The third kappa shape index (κ3) is 4.14. The van der Waals surface area contributed by atoms with Crippen LogP contribution in [0.2, 0.25) is 5.02 Å². The first-order valence-electron chi connectivity index (χ1n) is 7.34. The molecular formula is C16H23ClN2O. The number of amides is 1. The fraction of sp³-hybridized carbons (Fsp3) is 0.562. The second-order valence-electron chi connectivity index (χ2n) is 5.70. The molecule has 1 fully saturated rings. The number of rotatable bonds is 4. The SMILES string of the molecule is Cc1ccc(Cl)cc1NCCC(=O)N1CCC(C)CC1. The summed E-state index contributed by atoms with van der Waals surface area (Å²) in [5.41, 5.74) is 2.16. The lowest BCUT2D eigenvalue weighted by atomic mass is 9.99. The van der Waals surface area contributed by atoms with Crippen LogP contribution in [0.15, 0.2) is 18.2 Å². The average molecular weight is 295 g/mol. The molecule has 1 amide bonds. The molecule has 0 aliphatic carbocycles. The van der Waals surface area contributed by atoms with Gasteiger partial charge in [0, 0.05) is 36.8 Å². The summed E-state index contributed by atoms with van der Waals surface area (Å²) >= 11 is 5.98. The molecule has 1 aromatic rings. The minimum atomic E-state index is 0.254. The van der Waals surface area contributed by atoms with Crippen molar-refractivity contribution in [3.63, 3.8) is 0 Å². The van der Waals surface area contributed by atoms with E-state index in [2.05, 4.69) is 12.2 Å². The quantitative estimate of drug-likeness (QED) is 0.918. The van der Waals surface area contributed by atoms with E-state index in [0.717, 1.165) is 48.1 Å². The molecule has 1 heterocycles. The molecule has 1 aliphatic heterocycles. The number of hydrogen-bond acceptors (Lipinski definition) is 2. The second-order valence-corrected chi connectivity index (χ2v) is 6.14. The first-order chi connectivity index (χ1) is 9.56. The number of likely N-dealkylation sites (tertiary alicyclic amines) is 1. The summed E-state index contributed by atoms with van der Waals surface area (Å²) in [4.78, 5) is 14.1. The van der Waals surface area contributed by atoms with E-state index in [9.17, 15) is 4.79 Å². The van der Waals surface area contributed by atoms with E-state index < -0.39 is 0 Å². The van der Waals surface area contributed by atoms with Crippen LogP contribution in [0.5, 0.6) is 0 Å². The van der Waals surface area contributed by atoms with Crippen LogP contribution in [0, 0.1) is 12.8 Å².